The number of amides is 2. The van der Waals surface area contributed by atoms with E-state index in [4.69, 9.17) is 0 Å². The third-order valence-electron chi connectivity index (χ3n) is 2.11. The van der Waals surface area contributed by atoms with Gasteiger partial charge in [-0.3, -0.25) is 0 Å². The second-order valence-electron chi connectivity index (χ2n) is 3.57. The van der Waals surface area contributed by atoms with Crippen molar-refractivity contribution < 1.29 is 13.6 Å². The summed E-state index contributed by atoms with van der Waals surface area (Å²) >= 11 is 0. The molecule has 0 saturated carbocycles. The SMILES string of the molecule is CCC(C)NC(=O)Nc1cc(F)cc(F)c1. The molecule has 0 radical (unpaired) electrons. The number of hydrogen-bond donors (Lipinski definition) is 2. The Morgan fingerprint density at radius 1 is 1.31 bits per heavy atom. The van der Waals surface area contributed by atoms with Crippen LogP contribution in [-0.2, 0) is 0 Å². The highest BCUT2D eigenvalue weighted by Crippen LogP contribution is 2.12. The maximum atomic E-state index is 12.8. The van der Waals surface area contributed by atoms with Crippen LogP contribution in [0.15, 0.2) is 18.2 Å². The van der Waals surface area contributed by atoms with Gasteiger partial charge in [0.05, 0.1) is 0 Å². The number of nitrogens with one attached hydrogen (secondary N) is 2. The van der Waals surface area contributed by atoms with Crippen molar-refractivity contribution >= 4 is 11.7 Å². The van der Waals surface area contributed by atoms with E-state index in [1.54, 1.807) is 0 Å². The number of anilines is 1. The van der Waals surface area contributed by atoms with Gasteiger partial charge in [0.1, 0.15) is 11.6 Å². The van der Waals surface area contributed by atoms with Gasteiger partial charge in [0.2, 0.25) is 0 Å². The average Bonchev–Trinajstić information content (AvgIpc) is 2.15. The van der Waals surface area contributed by atoms with E-state index in [1.807, 2.05) is 13.8 Å². The fraction of sp³-hybridized carbons (Fsp3) is 0.364. The Balaban J connectivity index is 2.62. The van der Waals surface area contributed by atoms with Crippen LogP contribution >= 0.6 is 0 Å². The molecule has 1 aromatic rings. The van der Waals surface area contributed by atoms with Crippen molar-refractivity contribution in [2.75, 3.05) is 5.32 Å². The molecule has 0 saturated heterocycles. The normalized spacial score (nSPS) is 12.0. The summed E-state index contributed by atoms with van der Waals surface area (Å²) in [5.74, 6) is -1.45. The number of halogens is 2. The molecular weight excluding hydrogens is 214 g/mol. The number of benzene rings is 1. The molecule has 5 heteroatoms. The number of rotatable bonds is 3. The quantitative estimate of drug-likeness (QED) is 0.820. The van der Waals surface area contributed by atoms with E-state index < -0.39 is 17.7 Å². The smallest absolute Gasteiger partial charge is 0.319 e. The summed E-state index contributed by atoms with van der Waals surface area (Å²) in [6.45, 7) is 3.76. The zero-order valence-corrected chi connectivity index (χ0v) is 9.18. The zero-order chi connectivity index (χ0) is 12.1. The van der Waals surface area contributed by atoms with Crippen molar-refractivity contribution in [1.29, 1.82) is 0 Å². The van der Waals surface area contributed by atoms with Crippen molar-refractivity contribution in [1.82, 2.24) is 5.32 Å². The zero-order valence-electron chi connectivity index (χ0n) is 9.18. The third kappa shape index (κ3) is 3.84. The average molecular weight is 228 g/mol. The Morgan fingerprint density at radius 2 is 1.88 bits per heavy atom. The molecule has 2 amide bonds. The maximum absolute atomic E-state index is 12.8. The summed E-state index contributed by atoms with van der Waals surface area (Å²) in [5, 5.41) is 4.98. The number of urea groups is 1. The summed E-state index contributed by atoms with van der Waals surface area (Å²) in [5.41, 5.74) is 0.0957. The first-order chi connectivity index (χ1) is 7.51. The highest BCUT2D eigenvalue weighted by Gasteiger charge is 2.07. The second-order valence-corrected chi connectivity index (χ2v) is 3.57. The van der Waals surface area contributed by atoms with Crippen LogP contribution in [0.3, 0.4) is 0 Å². The molecule has 0 aromatic heterocycles. The summed E-state index contributed by atoms with van der Waals surface area (Å²) in [6.07, 6.45) is 0.783. The molecule has 0 aliphatic heterocycles. The first-order valence-electron chi connectivity index (χ1n) is 5.05. The van der Waals surface area contributed by atoms with Gasteiger partial charge >= 0.3 is 6.03 Å². The van der Waals surface area contributed by atoms with Gasteiger partial charge in [-0.15, -0.1) is 0 Å². The van der Waals surface area contributed by atoms with Crippen molar-refractivity contribution in [2.24, 2.45) is 0 Å². The van der Waals surface area contributed by atoms with Crippen LogP contribution in [0.5, 0.6) is 0 Å². The first kappa shape index (κ1) is 12.4. The molecule has 0 aliphatic rings. The Hall–Kier alpha value is -1.65. The Kier molecular flexibility index (Phi) is 4.22. The summed E-state index contributed by atoms with van der Waals surface area (Å²) in [6, 6.07) is 2.40. The van der Waals surface area contributed by atoms with Gasteiger partial charge in [0.15, 0.2) is 0 Å². The standard InChI is InChI=1S/C11H14F2N2O/c1-3-7(2)14-11(16)15-10-5-8(12)4-9(13)6-10/h4-7H,3H2,1-2H3,(H2,14,15,16). The minimum Gasteiger partial charge on any atom is -0.335 e. The lowest BCUT2D eigenvalue weighted by Gasteiger charge is -2.12. The van der Waals surface area contributed by atoms with E-state index in [0.29, 0.717) is 0 Å². The first-order valence-corrected chi connectivity index (χ1v) is 5.05. The molecular formula is C11H14F2N2O. The molecule has 0 fully saturated rings. The van der Waals surface area contributed by atoms with Gasteiger partial charge in [-0.25, -0.2) is 13.6 Å². The lowest BCUT2D eigenvalue weighted by molar-refractivity contribution is 0.249. The minimum absolute atomic E-state index is 0.0124. The Bertz CT molecular complexity index is 362. The number of carbonyl (C=O) groups excluding carboxylic acids is 1. The van der Waals surface area contributed by atoms with Crippen LogP contribution in [-0.4, -0.2) is 12.1 Å². The van der Waals surface area contributed by atoms with Crippen LogP contribution < -0.4 is 10.6 Å². The van der Waals surface area contributed by atoms with Gasteiger partial charge in [-0.1, -0.05) is 6.92 Å². The van der Waals surface area contributed by atoms with E-state index in [1.165, 1.54) is 0 Å². The molecule has 0 aliphatic carbocycles. The molecule has 0 heterocycles. The highest BCUT2D eigenvalue weighted by molar-refractivity contribution is 5.89. The second kappa shape index (κ2) is 5.44. The number of hydrogen-bond acceptors (Lipinski definition) is 1. The van der Waals surface area contributed by atoms with Gasteiger partial charge in [-0.2, -0.15) is 0 Å². The molecule has 3 nitrogen and oxygen atoms in total. The molecule has 88 valence electrons. The van der Waals surface area contributed by atoms with Crippen LogP contribution in [0.25, 0.3) is 0 Å². The minimum atomic E-state index is -0.723. The van der Waals surface area contributed by atoms with E-state index in [0.717, 1.165) is 24.6 Å². The molecule has 1 rings (SSSR count). The lowest BCUT2D eigenvalue weighted by Crippen LogP contribution is -2.35. The van der Waals surface area contributed by atoms with Gasteiger partial charge in [0.25, 0.3) is 0 Å². The fourth-order valence-corrected chi connectivity index (χ4v) is 1.12. The fourth-order valence-electron chi connectivity index (χ4n) is 1.12. The predicted molar refractivity (Wildman–Crippen MR) is 58.3 cm³/mol. The molecule has 1 atom stereocenters. The molecule has 0 spiro atoms. The van der Waals surface area contributed by atoms with E-state index >= 15 is 0 Å². The van der Waals surface area contributed by atoms with E-state index in [2.05, 4.69) is 10.6 Å². The van der Waals surface area contributed by atoms with Crippen LogP contribution in [0.2, 0.25) is 0 Å². The van der Waals surface area contributed by atoms with Crippen LogP contribution in [0, 0.1) is 11.6 Å². The molecule has 0 bridgehead atoms. The Morgan fingerprint density at radius 3 is 2.38 bits per heavy atom. The van der Waals surface area contributed by atoms with Crippen LogP contribution in [0.1, 0.15) is 20.3 Å². The highest BCUT2D eigenvalue weighted by atomic mass is 19.1. The summed E-state index contributed by atoms with van der Waals surface area (Å²) < 4.78 is 25.6. The molecule has 1 unspecified atom stereocenters. The number of carbonyl (C=O) groups is 1. The largest absolute Gasteiger partial charge is 0.335 e. The van der Waals surface area contributed by atoms with Gasteiger partial charge in [0, 0.05) is 17.8 Å². The van der Waals surface area contributed by atoms with Gasteiger partial charge in [-0.05, 0) is 25.5 Å². The third-order valence-corrected chi connectivity index (χ3v) is 2.11. The monoisotopic (exact) mass is 228 g/mol. The Labute approximate surface area is 92.8 Å². The van der Waals surface area contributed by atoms with E-state index in [-0.39, 0.29) is 11.7 Å². The lowest BCUT2D eigenvalue weighted by atomic mass is 10.2. The van der Waals surface area contributed by atoms with E-state index in [9.17, 15) is 13.6 Å². The van der Waals surface area contributed by atoms with Crippen molar-refractivity contribution in [3.05, 3.63) is 29.8 Å². The molecule has 16 heavy (non-hydrogen) atoms. The maximum Gasteiger partial charge on any atom is 0.319 e. The van der Waals surface area contributed by atoms with Crippen molar-refractivity contribution in [2.45, 2.75) is 26.3 Å². The van der Waals surface area contributed by atoms with Crippen LogP contribution in [0.4, 0.5) is 19.3 Å². The van der Waals surface area contributed by atoms with Crippen molar-refractivity contribution in [3.8, 4) is 0 Å². The summed E-state index contributed by atoms with van der Waals surface area (Å²) in [4.78, 5) is 11.3. The van der Waals surface area contributed by atoms with Gasteiger partial charge < -0.3 is 10.6 Å². The predicted octanol–water partition coefficient (Wildman–Crippen LogP) is 2.88. The molecule has 1 aromatic carbocycles. The topological polar surface area (TPSA) is 41.1 Å². The molecule has 2 N–H and O–H groups in total. The van der Waals surface area contributed by atoms with Crippen molar-refractivity contribution in [3.63, 3.8) is 0 Å². The summed E-state index contributed by atoms with van der Waals surface area (Å²) in [7, 11) is 0.